The molecular formula is C35H28O6. The van der Waals surface area contributed by atoms with Gasteiger partial charge in [0.05, 0.1) is 11.1 Å². The van der Waals surface area contributed by atoms with Gasteiger partial charge in [-0.05, 0) is 78.2 Å². The highest BCUT2D eigenvalue weighted by atomic mass is 16.5. The molecule has 5 aromatic carbocycles. The van der Waals surface area contributed by atoms with Crippen LogP contribution in [0.5, 0.6) is 23.0 Å². The number of carbonyl (C=O) groups is 2. The Bertz CT molecular complexity index is 1600. The van der Waals surface area contributed by atoms with Crippen LogP contribution >= 0.6 is 0 Å². The molecule has 5 rings (SSSR count). The fraction of sp³-hybridized carbons (Fsp3) is 0.0857. The summed E-state index contributed by atoms with van der Waals surface area (Å²) < 4.78 is 23.1. The molecule has 0 aliphatic rings. The average molecular weight is 545 g/mol. The molecule has 0 aliphatic heterocycles. The molecule has 204 valence electrons. The van der Waals surface area contributed by atoms with Crippen molar-refractivity contribution in [2.75, 3.05) is 0 Å². The number of hydrogen-bond acceptors (Lipinski definition) is 6. The van der Waals surface area contributed by atoms with E-state index in [4.69, 9.17) is 18.9 Å². The fourth-order valence-electron chi connectivity index (χ4n) is 4.01. The first-order chi connectivity index (χ1) is 20.0. The summed E-state index contributed by atoms with van der Waals surface area (Å²) in [5.41, 5.74) is 3.57. The number of para-hydroxylation sites is 1. The quantitative estimate of drug-likeness (QED) is 0.165. The van der Waals surface area contributed by atoms with Crippen LogP contribution in [-0.2, 0) is 22.7 Å². The van der Waals surface area contributed by atoms with Gasteiger partial charge >= 0.3 is 11.9 Å². The molecule has 41 heavy (non-hydrogen) atoms. The lowest BCUT2D eigenvalue weighted by molar-refractivity contribution is 0.0464. The third-order valence-corrected chi connectivity index (χ3v) is 6.23. The molecule has 0 bridgehead atoms. The van der Waals surface area contributed by atoms with Crippen LogP contribution < -0.4 is 9.47 Å². The highest BCUT2D eigenvalue weighted by Crippen LogP contribution is 2.37. The Kier molecular flexibility index (Phi) is 8.72. The Balaban J connectivity index is 1.21. The molecule has 0 saturated heterocycles. The predicted molar refractivity (Wildman–Crippen MR) is 155 cm³/mol. The van der Waals surface area contributed by atoms with Crippen LogP contribution in [-0.4, -0.2) is 11.9 Å². The number of ether oxygens (including phenoxy) is 4. The van der Waals surface area contributed by atoms with E-state index in [1.54, 1.807) is 54.6 Å². The van der Waals surface area contributed by atoms with Gasteiger partial charge in [0.25, 0.3) is 0 Å². The van der Waals surface area contributed by atoms with Crippen LogP contribution in [0.1, 0.15) is 37.4 Å². The summed E-state index contributed by atoms with van der Waals surface area (Å²) in [6.45, 7) is 2.33. The Morgan fingerprint density at radius 2 is 0.976 bits per heavy atom. The second kappa shape index (κ2) is 13.1. The zero-order valence-electron chi connectivity index (χ0n) is 22.5. The van der Waals surface area contributed by atoms with Crippen molar-refractivity contribution in [2.45, 2.75) is 20.1 Å². The van der Waals surface area contributed by atoms with Crippen molar-refractivity contribution in [3.63, 3.8) is 0 Å². The van der Waals surface area contributed by atoms with Crippen molar-refractivity contribution in [2.24, 2.45) is 0 Å². The van der Waals surface area contributed by atoms with E-state index in [1.165, 1.54) is 0 Å². The van der Waals surface area contributed by atoms with Crippen LogP contribution in [0.25, 0.3) is 0 Å². The van der Waals surface area contributed by atoms with E-state index in [0.717, 1.165) is 16.7 Å². The minimum atomic E-state index is -0.410. The van der Waals surface area contributed by atoms with Gasteiger partial charge in [0.15, 0.2) is 11.5 Å². The van der Waals surface area contributed by atoms with E-state index in [-0.39, 0.29) is 13.2 Å². The van der Waals surface area contributed by atoms with Crippen LogP contribution in [0, 0.1) is 6.92 Å². The van der Waals surface area contributed by atoms with Gasteiger partial charge in [-0.25, -0.2) is 9.59 Å². The monoisotopic (exact) mass is 544 g/mol. The van der Waals surface area contributed by atoms with Crippen LogP contribution in [0.15, 0.2) is 127 Å². The lowest BCUT2D eigenvalue weighted by Crippen LogP contribution is -2.05. The lowest BCUT2D eigenvalue weighted by Gasteiger charge is -2.15. The van der Waals surface area contributed by atoms with Crippen molar-refractivity contribution >= 4 is 11.9 Å². The molecule has 0 spiro atoms. The summed E-state index contributed by atoms with van der Waals surface area (Å²) in [6, 6.07) is 38.1. The molecular weight excluding hydrogens is 516 g/mol. The molecule has 0 unspecified atom stereocenters. The molecule has 0 heterocycles. The van der Waals surface area contributed by atoms with Crippen LogP contribution in [0.2, 0.25) is 0 Å². The first kappa shape index (κ1) is 27.2. The van der Waals surface area contributed by atoms with Crippen molar-refractivity contribution in [1.29, 1.82) is 0 Å². The highest BCUT2D eigenvalue weighted by molar-refractivity contribution is 5.90. The molecule has 0 saturated carbocycles. The van der Waals surface area contributed by atoms with Gasteiger partial charge in [-0.15, -0.1) is 0 Å². The van der Waals surface area contributed by atoms with E-state index < -0.39 is 11.9 Å². The smallest absolute Gasteiger partial charge is 0.338 e. The number of rotatable bonds is 10. The van der Waals surface area contributed by atoms with Crippen molar-refractivity contribution in [3.8, 4) is 23.0 Å². The minimum Gasteiger partial charge on any atom is -0.457 e. The zero-order valence-corrected chi connectivity index (χ0v) is 22.5. The van der Waals surface area contributed by atoms with Crippen LogP contribution in [0.4, 0.5) is 0 Å². The molecule has 0 N–H and O–H groups in total. The number of hydrogen-bond donors (Lipinski definition) is 0. The molecule has 6 heteroatoms. The summed E-state index contributed by atoms with van der Waals surface area (Å²) in [4.78, 5) is 24.9. The molecule has 0 aromatic heterocycles. The first-order valence-electron chi connectivity index (χ1n) is 13.1. The Morgan fingerprint density at radius 1 is 0.512 bits per heavy atom. The summed E-state index contributed by atoms with van der Waals surface area (Å²) in [5, 5.41) is 0. The lowest BCUT2D eigenvalue weighted by atomic mass is 10.2. The van der Waals surface area contributed by atoms with Gasteiger partial charge in [-0.2, -0.15) is 0 Å². The molecule has 6 nitrogen and oxygen atoms in total. The maximum Gasteiger partial charge on any atom is 0.338 e. The highest BCUT2D eigenvalue weighted by Gasteiger charge is 2.14. The maximum atomic E-state index is 12.5. The summed E-state index contributed by atoms with van der Waals surface area (Å²) in [7, 11) is 0. The second-order valence-corrected chi connectivity index (χ2v) is 9.28. The molecule has 0 fully saturated rings. The average Bonchev–Trinajstić information content (AvgIpc) is 3.02. The summed E-state index contributed by atoms with van der Waals surface area (Å²) in [6.07, 6.45) is 0. The van der Waals surface area contributed by atoms with Gasteiger partial charge in [-0.1, -0.05) is 72.8 Å². The third-order valence-electron chi connectivity index (χ3n) is 6.23. The largest absolute Gasteiger partial charge is 0.457 e. The SMILES string of the molecule is Cc1cccc(Oc2ccc(C(=O)OCc3ccccc3)cc2)c1Oc1ccc(C(=O)OCc2ccccc2)cc1. The van der Waals surface area contributed by atoms with Crippen molar-refractivity contribution < 1.29 is 28.5 Å². The number of esters is 2. The Morgan fingerprint density at radius 3 is 1.46 bits per heavy atom. The van der Waals surface area contributed by atoms with E-state index in [9.17, 15) is 9.59 Å². The first-order valence-corrected chi connectivity index (χ1v) is 13.1. The predicted octanol–water partition coefficient (Wildman–Crippen LogP) is 8.29. The summed E-state index contributed by atoms with van der Waals surface area (Å²) >= 11 is 0. The fourth-order valence-corrected chi connectivity index (χ4v) is 4.01. The topological polar surface area (TPSA) is 71.1 Å². The normalized spacial score (nSPS) is 10.5. The minimum absolute atomic E-state index is 0.206. The summed E-state index contributed by atoms with van der Waals surface area (Å²) in [5.74, 6) is 1.31. The van der Waals surface area contributed by atoms with Crippen molar-refractivity contribution in [3.05, 3.63) is 155 Å². The van der Waals surface area contributed by atoms with Crippen LogP contribution in [0.3, 0.4) is 0 Å². The van der Waals surface area contributed by atoms with Gasteiger partial charge in [0.2, 0.25) is 0 Å². The Hall–Kier alpha value is -5.36. The molecule has 5 aromatic rings. The standard InChI is InChI=1S/C35H28O6/c1-25-9-8-14-32(40-30-19-15-28(16-20-30)34(36)38-23-26-10-4-2-5-11-26)33(25)41-31-21-17-29(18-22-31)35(37)39-24-27-12-6-3-7-13-27/h2-22H,23-24H2,1H3. The zero-order chi connectivity index (χ0) is 28.4. The van der Waals surface area contributed by atoms with E-state index in [1.807, 2.05) is 79.7 Å². The molecule has 0 amide bonds. The maximum absolute atomic E-state index is 12.5. The van der Waals surface area contributed by atoms with Gasteiger partial charge in [0, 0.05) is 0 Å². The second-order valence-electron chi connectivity index (χ2n) is 9.28. The van der Waals surface area contributed by atoms with Gasteiger partial charge in [0.1, 0.15) is 24.7 Å². The third kappa shape index (κ3) is 7.40. The van der Waals surface area contributed by atoms with E-state index >= 15 is 0 Å². The van der Waals surface area contributed by atoms with Gasteiger partial charge in [-0.3, -0.25) is 0 Å². The number of benzene rings is 5. The Labute approximate surface area is 238 Å². The number of aryl methyl sites for hydroxylation is 1. The van der Waals surface area contributed by atoms with E-state index in [2.05, 4.69) is 0 Å². The van der Waals surface area contributed by atoms with Crippen molar-refractivity contribution in [1.82, 2.24) is 0 Å². The molecule has 0 aliphatic carbocycles. The molecule has 0 radical (unpaired) electrons. The van der Waals surface area contributed by atoms with E-state index in [0.29, 0.717) is 34.1 Å². The number of carbonyl (C=O) groups excluding carboxylic acids is 2. The molecule has 0 atom stereocenters. The van der Waals surface area contributed by atoms with Gasteiger partial charge < -0.3 is 18.9 Å².